The van der Waals surface area contributed by atoms with Gasteiger partial charge in [0, 0.05) is 6.04 Å². The van der Waals surface area contributed by atoms with Crippen LogP contribution >= 0.6 is 0 Å². The summed E-state index contributed by atoms with van der Waals surface area (Å²) in [5.74, 6) is 0.0673. The number of carboxylic acid groups (broad SMARTS) is 1. The summed E-state index contributed by atoms with van der Waals surface area (Å²) in [5, 5.41) is 9.02. The van der Waals surface area contributed by atoms with Crippen molar-refractivity contribution in [3.05, 3.63) is 0 Å². The first-order valence-electron chi connectivity index (χ1n) is 6.68. The van der Waals surface area contributed by atoms with E-state index in [0.717, 1.165) is 18.8 Å². The van der Waals surface area contributed by atoms with Crippen LogP contribution in [0, 0.1) is 11.3 Å². The van der Waals surface area contributed by atoms with Crippen LogP contribution in [0.4, 0.5) is 0 Å². The molecule has 3 nitrogen and oxygen atoms in total. The largest absolute Gasteiger partial charge is 0.480 e. The Hall–Kier alpha value is -0.570. The van der Waals surface area contributed by atoms with E-state index in [1.165, 1.54) is 12.8 Å². The van der Waals surface area contributed by atoms with Crippen LogP contribution in [-0.2, 0) is 4.79 Å². The summed E-state index contributed by atoms with van der Waals surface area (Å²) < 4.78 is 0. The number of rotatable bonds is 3. The first kappa shape index (κ1) is 14.5. The highest BCUT2D eigenvalue weighted by molar-refractivity contribution is 5.72. The van der Waals surface area contributed by atoms with Crippen molar-refractivity contribution in [1.29, 1.82) is 0 Å². The Morgan fingerprint density at radius 1 is 1.24 bits per heavy atom. The van der Waals surface area contributed by atoms with Crippen LogP contribution in [0.2, 0.25) is 0 Å². The van der Waals surface area contributed by atoms with E-state index in [2.05, 4.69) is 20.8 Å². The smallest absolute Gasteiger partial charge is 0.320 e. The minimum Gasteiger partial charge on any atom is -0.480 e. The fourth-order valence-corrected chi connectivity index (χ4v) is 2.84. The van der Waals surface area contributed by atoms with Gasteiger partial charge in [-0.25, -0.2) is 0 Å². The van der Waals surface area contributed by atoms with Crippen molar-refractivity contribution in [2.75, 3.05) is 7.05 Å². The molecule has 0 bridgehead atoms. The molecule has 1 N–H and O–H groups in total. The first-order valence-corrected chi connectivity index (χ1v) is 6.68. The van der Waals surface area contributed by atoms with Crippen LogP contribution in [0.5, 0.6) is 0 Å². The third-order valence-electron chi connectivity index (χ3n) is 4.47. The van der Waals surface area contributed by atoms with E-state index in [-0.39, 0.29) is 6.04 Å². The van der Waals surface area contributed by atoms with Crippen molar-refractivity contribution in [3.8, 4) is 0 Å². The van der Waals surface area contributed by atoms with Gasteiger partial charge in [-0.1, -0.05) is 20.8 Å². The van der Waals surface area contributed by atoms with Gasteiger partial charge in [0.15, 0.2) is 0 Å². The molecule has 0 amide bonds. The normalized spacial score (nSPS) is 28.1. The Balaban J connectivity index is 2.49. The summed E-state index contributed by atoms with van der Waals surface area (Å²) in [6.45, 7) is 8.70. The zero-order valence-corrected chi connectivity index (χ0v) is 11.9. The summed E-state index contributed by atoms with van der Waals surface area (Å²) in [7, 11) is 1.95. The van der Waals surface area contributed by atoms with Crippen molar-refractivity contribution >= 4 is 5.97 Å². The maximum absolute atomic E-state index is 11.0. The molecule has 0 radical (unpaired) electrons. The zero-order chi connectivity index (χ0) is 13.2. The van der Waals surface area contributed by atoms with Crippen molar-refractivity contribution in [2.24, 2.45) is 11.3 Å². The standard InChI is InChI=1S/C14H27NO2/c1-10(13(16)17)15(5)12-8-6-11(7-9-12)14(2,3)4/h10-12H,6-9H2,1-5H3,(H,16,17). The van der Waals surface area contributed by atoms with Crippen LogP contribution in [0.25, 0.3) is 0 Å². The van der Waals surface area contributed by atoms with Crippen LogP contribution < -0.4 is 0 Å². The highest BCUT2D eigenvalue weighted by atomic mass is 16.4. The van der Waals surface area contributed by atoms with E-state index in [1.54, 1.807) is 6.92 Å². The molecule has 0 heterocycles. The van der Waals surface area contributed by atoms with Crippen molar-refractivity contribution in [2.45, 2.75) is 65.5 Å². The van der Waals surface area contributed by atoms with E-state index in [4.69, 9.17) is 5.11 Å². The Bertz CT molecular complexity index is 262. The van der Waals surface area contributed by atoms with Crippen molar-refractivity contribution < 1.29 is 9.90 Å². The Labute approximate surface area is 105 Å². The third kappa shape index (κ3) is 3.70. The molecule has 1 rings (SSSR count). The number of carboxylic acids is 1. The van der Waals surface area contributed by atoms with Crippen LogP contribution in [0.3, 0.4) is 0 Å². The second kappa shape index (κ2) is 5.38. The van der Waals surface area contributed by atoms with E-state index in [9.17, 15) is 4.79 Å². The molecule has 100 valence electrons. The number of carbonyl (C=O) groups is 1. The predicted molar refractivity (Wildman–Crippen MR) is 70.1 cm³/mol. The number of hydrogen-bond acceptors (Lipinski definition) is 2. The molecule has 0 aromatic carbocycles. The quantitative estimate of drug-likeness (QED) is 0.825. The maximum Gasteiger partial charge on any atom is 0.320 e. The lowest BCUT2D eigenvalue weighted by Gasteiger charge is -2.41. The van der Waals surface area contributed by atoms with Gasteiger partial charge in [-0.3, -0.25) is 9.69 Å². The fraction of sp³-hybridized carbons (Fsp3) is 0.929. The molecule has 1 aliphatic rings. The van der Waals surface area contributed by atoms with Gasteiger partial charge in [-0.05, 0) is 51.0 Å². The average molecular weight is 241 g/mol. The van der Waals surface area contributed by atoms with Gasteiger partial charge < -0.3 is 5.11 Å². The van der Waals surface area contributed by atoms with Crippen molar-refractivity contribution in [3.63, 3.8) is 0 Å². The van der Waals surface area contributed by atoms with Gasteiger partial charge in [-0.15, -0.1) is 0 Å². The SMILES string of the molecule is CC(C(=O)O)N(C)C1CCC(C(C)(C)C)CC1. The summed E-state index contributed by atoms with van der Waals surface area (Å²) in [5.41, 5.74) is 0.391. The van der Waals surface area contributed by atoms with E-state index >= 15 is 0 Å². The molecule has 1 atom stereocenters. The zero-order valence-electron chi connectivity index (χ0n) is 11.9. The minimum absolute atomic E-state index is 0.369. The van der Waals surface area contributed by atoms with Gasteiger partial charge in [0.25, 0.3) is 0 Å². The average Bonchev–Trinajstić information content (AvgIpc) is 2.26. The Morgan fingerprint density at radius 2 is 1.71 bits per heavy atom. The number of aliphatic carboxylic acids is 1. The summed E-state index contributed by atoms with van der Waals surface area (Å²) in [6, 6.07) is 0.0749. The number of likely N-dealkylation sites (N-methyl/N-ethyl adjacent to an activating group) is 1. The van der Waals surface area contributed by atoms with Crippen LogP contribution in [-0.4, -0.2) is 35.1 Å². The summed E-state index contributed by atoms with van der Waals surface area (Å²) >= 11 is 0. The minimum atomic E-state index is -0.717. The molecular formula is C14H27NO2. The lowest BCUT2D eigenvalue weighted by atomic mass is 9.71. The number of nitrogens with zero attached hydrogens (tertiary/aromatic N) is 1. The van der Waals surface area contributed by atoms with E-state index in [1.807, 2.05) is 11.9 Å². The number of hydrogen-bond donors (Lipinski definition) is 1. The molecule has 1 fully saturated rings. The predicted octanol–water partition coefficient (Wildman–Crippen LogP) is 3.00. The van der Waals surface area contributed by atoms with Crippen LogP contribution in [0.15, 0.2) is 0 Å². The summed E-state index contributed by atoms with van der Waals surface area (Å²) in [4.78, 5) is 13.0. The Kier molecular flexibility index (Phi) is 4.59. The maximum atomic E-state index is 11.0. The molecule has 1 saturated carbocycles. The van der Waals surface area contributed by atoms with E-state index in [0.29, 0.717) is 11.5 Å². The summed E-state index contributed by atoms with van der Waals surface area (Å²) in [6.07, 6.45) is 4.72. The monoisotopic (exact) mass is 241 g/mol. The molecule has 1 aliphatic carbocycles. The van der Waals surface area contributed by atoms with Crippen LogP contribution in [0.1, 0.15) is 53.4 Å². The van der Waals surface area contributed by atoms with Gasteiger partial charge in [0.05, 0.1) is 0 Å². The second-order valence-corrected chi connectivity index (χ2v) is 6.55. The molecule has 0 aliphatic heterocycles. The third-order valence-corrected chi connectivity index (χ3v) is 4.47. The molecule has 0 saturated heterocycles. The molecule has 1 unspecified atom stereocenters. The fourth-order valence-electron chi connectivity index (χ4n) is 2.84. The highest BCUT2D eigenvalue weighted by Crippen LogP contribution is 2.38. The van der Waals surface area contributed by atoms with Gasteiger partial charge in [0.1, 0.15) is 6.04 Å². The highest BCUT2D eigenvalue weighted by Gasteiger charge is 2.33. The second-order valence-electron chi connectivity index (χ2n) is 6.55. The molecule has 0 aromatic heterocycles. The lowest BCUT2D eigenvalue weighted by molar-refractivity contribution is -0.143. The lowest BCUT2D eigenvalue weighted by Crippen LogP contribution is -2.45. The molecule has 17 heavy (non-hydrogen) atoms. The molecule has 3 heteroatoms. The molecule has 0 aromatic rings. The van der Waals surface area contributed by atoms with Crippen molar-refractivity contribution in [1.82, 2.24) is 4.90 Å². The van der Waals surface area contributed by atoms with Gasteiger partial charge in [0.2, 0.25) is 0 Å². The Morgan fingerprint density at radius 3 is 2.06 bits per heavy atom. The first-order chi connectivity index (χ1) is 7.73. The van der Waals surface area contributed by atoms with Gasteiger partial charge in [-0.2, -0.15) is 0 Å². The topological polar surface area (TPSA) is 40.5 Å². The van der Waals surface area contributed by atoms with E-state index < -0.39 is 5.97 Å². The molecular weight excluding hydrogens is 214 g/mol. The van der Waals surface area contributed by atoms with Gasteiger partial charge >= 0.3 is 5.97 Å². The molecule has 0 spiro atoms.